The van der Waals surface area contributed by atoms with Gasteiger partial charge in [-0.2, -0.15) is 16.4 Å². The molecule has 0 radical (unpaired) electrons. The third kappa shape index (κ3) is 3.61. The first-order chi connectivity index (χ1) is 11.7. The van der Waals surface area contributed by atoms with Gasteiger partial charge in [-0.25, -0.2) is 0 Å². The molecule has 1 aliphatic carbocycles. The lowest BCUT2D eigenvalue weighted by Crippen LogP contribution is -2.39. The van der Waals surface area contributed by atoms with Crippen molar-refractivity contribution in [2.75, 3.05) is 13.1 Å². The first-order valence-corrected chi connectivity index (χ1v) is 9.73. The molecular formula is C18H25ClN4OS. The summed E-state index contributed by atoms with van der Waals surface area (Å²) in [7, 11) is 0. The van der Waals surface area contributed by atoms with E-state index in [1.165, 1.54) is 18.4 Å². The molecule has 136 valence electrons. The molecule has 4 rings (SSSR count). The molecule has 2 fully saturated rings. The van der Waals surface area contributed by atoms with Gasteiger partial charge in [-0.1, -0.05) is 6.92 Å². The van der Waals surface area contributed by atoms with Crippen LogP contribution in [0.1, 0.15) is 47.9 Å². The van der Waals surface area contributed by atoms with Crippen molar-refractivity contribution in [1.29, 1.82) is 0 Å². The van der Waals surface area contributed by atoms with E-state index in [0.29, 0.717) is 23.7 Å². The van der Waals surface area contributed by atoms with E-state index < -0.39 is 0 Å². The first kappa shape index (κ1) is 18.4. The normalized spacial score (nSPS) is 20.9. The zero-order valence-electron chi connectivity index (χ0n) is 14.5. The third-order valence-corrected chi connectivity index (χ3v) is 6.28. The molecule has 1 atom stereocenters. The number of halogens is 1. The highest BCUT2D eigenvalue weighted by molar-refractivity contribution is 7.07. The van der Waals surface area contributed by atoms with E-state index in [1.807, 2.05) is 6.07 Å². The first-order valence-electron chi connectivity index (χ1n) is 8.79. The number of carbonyl (C=O) groups excluding carboxylic acids is 1. The Morgan fingerprint density at radius 2 is 2.24 bits per heavy atom. The number of thiophene rings is 1. The minimum Gasteiger partial charge on any atom is -0.329 e. The molecule has 5 nitrogen and oxygen atoms in total. The summed E-state index contributed by atoms with van der Waals surface area (Å²) in [5.74, 6) is 0.0672. The topological polar surface area (TPSA) is 61.0 Å². The van der Waals surface area contributed by atoms with Crippen molar-refractivity contribution in [3.8, 4) is 0 Å². The number of nitrogens with zero attached hydrogens (tertiary/aromatic N) is 2. The van der Waals surface area contributed by atoms with Gasteiger partial charge < -0.3 is 10.2 Å². The van der Waals surface area contributed by atoms with Gasteiger partial charge in [-0.15, -0.1) is 12.4 Å². The molecule has 1 unspecified atom stereocenters. The van der Waals surface area contributed by atoms with Gasteiger partial charge in [0.05, 0.1) is 0 Å². The fourth-order valence-corrected chi connectivity index (χ4v) is 4.59. The molecule has 1 aliphatic heterocycles. The van der Waals surface area contributed by atoms with Crippen LogP contribution < -0.4 is 5.32 Å². The van der Waals surface area contributed by atoms with E-state index in [2.05, 4.69) is 44.2 Å². The van der Waals surface area contributed by atoms with Gasteiger partial charge in [0.25, 0.3) is 5.91 Å². The summed E-state index contributed by atoms with van der Waals surface area (Å²) < 4.78 is 0. The summed E-state index contributed by atoms with van der Waals surface area (Å²) in [4.78, 5) is 15.2. The molecule has 2 aromatic rings. The highest BCUT2D eigenvalue weighted by Crippen LogP contribution is 2.56. The molecule has 1 saturated carbocycles. The smallest absolute Gasteiger partial charge is 0.274 e. The summed E-state index contributed by atoms with van der Waals surface area (Å²) in [5, 5.41) is 14.9. The molecule has 1 amide bonds. The Balaban J connectivity index is 0.00000182. The number of amides is 1. The maximum Gasteiger partial charge on any atom is 0.274 e. The summed E-state index contributed by atoms with van der Waals surface area (Å²) >= 11 is 1.69. The second-order valence-electron chi connectivity index (χ2n) is 7.03. The number of aromatic nitrogens is 2. The van der Waals surface area contributed by atoms with Gasteiger partial charge in [0.15, 0.2) is 0 Å². The van der Waals surface area contributed by atoms with Crippen LogP contribution in [0.3, 0.4) is 0 Å². The zero-order chi connectivity index (χ0) is 16.6. The van der Waals surface area contributed by atoms with Crippen LogP contribution in [0.15, 0.2) is 22.9 Å². The second-order valence-corrected chi connectivity index (χ2v) is 7.81. The summed E-state index contributed by atoms with van der Waals surface area (Å²) in [6.45, 7) is 4.89. The van der Waals surface area contributed by atoms with Crippen LogP contribution in [-0.2, 0) is 13.0 Å². The molecule has 2 aliphatic rings. The Bertz CT molecular complexity index is 708. The second kappa shape index (κ2) is 7.48. The van der Waals surface area contributed by atoms with Gasteiger partial charge in [-0.3, -0.25) is 9.89 Å². The van der Waals surface area contributed by atoms with Gasteiger partial charge in [0.1, 0.15) is 5.69 Å². The molecule has 1 saturated heterocycles. The fourth-order valence-electron chi connectivity index (χ4n) is 3.93. The largest absolute Gasteiger partial charge is 0.329 e. The van der Waals surface area contributed by atoms with E-state index in [4.69, 9.17) is 0 Å². The Morgan fingerprint density at radius 1 is 1.44 bits per heavy atom. The number of hydrogen-bond donors (Lipinski definition) is 2. The van der Waals surface area contributed by atoms with Gasteiger partial charge in [0.2, 0.25) is 0 Å². The van der Waals surface area contributed by atoms with Crippen LogP contribution in [0, 0.1) is 5.41 Å². The molecule has 2 N–H and O–H groups in total. The lowest BCUT2D eigenvalue weighted by atomic mass is 9.93. The van der Waals surface area contributed by atoms with Crippen molar-refractivity contribution in [3.05, 3.63) is 39.8 Å². The summed E-state index contributed by atoms with van der Waals surface area (Å²) in [5.41, 5.74) is 3.12. The lowest BCUT2D eigenvalue weighted by molar-refractivity contribution is 0.0686. The number of aryl methyl sites for hydroxylation is 1. The number of aromatic amines is 1. The standard InChI is InChI=1S/C18H24N4OS.ClH/c1-2-14-9-15(21-20-14)17(23)22(11-13-3-8-24-12-13)16-10-18(16)4-6-19-7-5-18;/h3,8-9,12,16,19H,2,4-7,10-11H2,1H3,(H,20,21);1H. The predicted molar refractivity (Wildman–Crippen MR) is 102 cm³/mol. The molecular weight excluding hydrogens is 356 g/mol. The SMILES string of the molecule is CCc1cc(C(=O)N(Cc2ccsc2)C2CC23CCNCC3)n[nH]1.Cl. The van der Waals surface area contributed by atoms with Crippen LogP contribution in [0.25, 0.3) is 0 Å². The van der Waals surface area contributed by atoms with Crippen molar-refractivity contribution in [1.82, 2.24) is 20.4 Å². The minimum absolute atomic E-state index is 0. The molecule has 0 bridgehead atoms. The highest BCUT2D eigenvalue weighted by atomic mass is 35.5. The number of H-pyrrole nitrogens is 1. The van der Waals surface area contributed by atoms with E-state index in [9.17, 15) is 4.79 Å². The third-order valence-electron chi connectivity index (χ3n) is 5.55. The zero-order valence-corrected chi connectivity index (χ0v) is 16.1. The number of nitrogens with one attached hydrogen (secondary N) is 2. The van der Waals surface area contributed by atoms with Gasteiger partial charge in [-0.05, 0) is 72.6 Å². The van der Waals surface area contributed by atoms with Crippen LogP contribution in [0.4, 0.5) is 0 Å². The average Bonchev–Trinajstić information content (AvgIpc) is 3.05. The lowest BCUT2D eigenvalue weighted by Gasteiger charge is -2.29. The van der Waals surface area contributed by atoms with Gasteiger partial charge in [0, 0.05) is 18.3 Å². The highest BCUT2D eigenvalue weighted by Gasteiger charge is 2.57. The van der Waals surface area contributed by atoms with Crippen molar-refractivity contribution in [2.45, 2.75) is 45.2 Å². The summed E-state index contributed by atoms with van der Waals surface area (Å²) in [6.07, 6.45) is 4.34. The van der Waals surface area contributed by atoms with Crippen LogP contribution in [-0.4, -0.2) is 40.1 Å². The predicted octanol–water partition coefficient (Wildman–Crippen LogP) is 3.24. The maximum atomic E-state index is 13.1. The molecule has 3 heterocycles. The number of carbonyl (C=O) groups is 1. The summed E-state index contributed by atoms with van der Waals surface area (Å²) in [6, 6.07) is 4.37. The van der Waals surface area contributed by atoms with E-state index in [0.717, 1.165) is 31.6 Å². The Hall–Kier alpha value is -1.37. The van der Waals surface area contributed by atoms with E-state index in [-0.39, 0.29) is 18.3 Å². The van der Waals surface area contributed by atoms with Crippen LogP contribution in [0.5, 0.6) is 0 Å². The number of rotatable bonds is 5. The van der Waals surface area contributed by atoms with Crippen molar-refractivity contribution < 1.29 is 4.79 Å². The Labute approximate surface area is 158 Å². The molecule has 0 aromatic carbocycles. The molecule has 25 heavy (non-hydrogen) atoms. The Morgan fingerprint density at radius 3 is 2.88 bits per heavy atom. The number of piperidine rings is 1. The fraction of sp³-hybridized carbons (Fsp3) is 0.556. The number of hydrogen-bond acceptors (Lipinski definition) is 4. The minimum atomic E-state index is 0. The molecule has 1 spiro atoms. The monoisotopic (exact) mass is 380 g/mol. The van der Waals surface area contributed by atoms with E-state index in [1.54, 1.807) is 11.3 Å². The average molecular weight is 381 g/mol. The maximum absolute atomic E-state index is 13.1. The van der Waals surface area contributed by atoms with Crippen molar-refractivity contribution in [3.63, 3.8) is 0 Å². The molecule has 7 heteroatoms. The quantitative estimate of drug-likeness (QED) is 0.837. The van der Waals surface area contributed by atoms with E-state index >= 15 is 0 Å². The molecule has 2 aromatic heterocycles. The Kier molecular flexibility index (Phi) is 5.51. The van der Waals surface area contributed by atoms with Crippen molar-refractivity contribution in [2.24, 2.45) is 5.41 Å². The van der Waals surface area contributed by atoms with Crippen LogP contribution >= 0.6 is 23.7 Å². The van der Waals surface area contributed by atoms with Gasteiger partial charge >= 0.3 is 0 Å². The van der Waals surface area contributed by atoms with Crippen molar-refractivity contribution >= 4 is 29.7 Å². The van der Waals surface area contributed by atoms with Crippen LogP contribution in [0.2, 0.25) is 0 Å².